The zero-order valence-electron chi connectivity index (χ0n) is 14.2. The van der Waals surface area contributed by atoms with Crippen LogP contribution in [-0.2, 0) is 4.79 Å². The molecule has 0 aliphatic carbocycles. The predicted octanol–water partition coefficient (Wildman–Crippen LogP) is 2.93. The van der Waals surface area contributed by atoms with Crippen LogP contribution in [-0.4, -0.2) is 36.5 Å². The highest BCUT2D eigenvalue weighted by Gasteiger charge is 2.26. The standard InChI is InChI=1S/C18H27N3O.2ClH/c1-3-11-21-12-9-16(10-13-21)20-18(22)14(2)17(19)15-7-5-4-6-8-15;;/h3-8,14,16-17H,1,9-13,19H2,2H3,(H,20,22);2*1H. The van der Waals surface area contributed by atoms with Crippen molar-refractivity contribution in [1.29, 1.82) is 0 Å². The van der Waals surface area contributed by atoms with E-state index in [4.69, 9.17) is 5.73 Å². The van der Waals surface area contributed by atoms with E-state index >= 15 is 0 Å². The average molecular weight is 374 g/mol. The molecule has 1 aromatic rings. The highest BCUT2D eigenvalue weighted by atomic mass is 35.5. The molecule has 2 rings (SSSR count). The Morgan fingerprint density at radius 1 is 1.33 bits per heavy atom. The van der Waals surface area contributed by atoms with E-state index in [0.29, 0.717) is 0 Å². The van der Waals surface area contributed by atoms with Gasteiger partial charge >= 0.3 is 0 Å². The normalized spacial score (nSPS) is 17.8. The van der Waals surface area contributed by atoms with Crippen LogP contribution in [0.15, 0.2) is 43.0 Å². The smallest absolute Gasteiger partial charge is 0.224 e. The summed E-state index contributed by atoms with van der Waals surface area (Å²) in [6, 6.07) is 9.81. The van der Waals surface area contributed by atoms with Crippen LogP contribution in [0.4, 0.5) is 0 Å². The van der Waals surface area contributed by atoms with Gasteiger partial charge in [0.1, 0.15) is 0 Å². The Hall–Kier alpha value is -1.07. The summed E-state index contributed by atoms with van der Waals surface area (Å²) in [5, 5.41) is 3.16. The van der Waals surface area contributed by atoms with Crippen molar-refractivity contribution in [3.05, 3.63) is 48.6 Å². The number of halogens is 2. The lowest BCUT2D eigenvalue weighted by Gasteiger charge is -2.32. The van der Waals surface area contributed by atoms with Gasteiger partial charge in [0.2, 0.25) is 5.91 Å². The summed E-state index contributed by atoms with van der Waals surface area (Å²) in [5.41, 5.74) is 7.23. The van der Waals surface area contributed by atoms with E-state index in [2.05, 4.69) is 16.8 Å². The molecule has 2 atom stereocenters. The Kier molecular flexibility index (Phi) is 11.0. The molecule has 136 valence electrons. The SMILES string of the molecule is C=CCN1CCC(NC(=O)C(C)C(N)c2ccccc2)CC1.Cl.Cl. The largest absolute Gasteiger partial charge is 0.353 e. The highest BCUT2D eigenvalue weighted by Crippen LogP contribution is 2.20. The number of nitrogens with one attached hydrogen (secondary N) is 1. The lowest BCUT2D eigenvalue weighted by Crippen LogP contribution is -2.47. The van der Waals surface area contributed by atoms with Crippen molar-refractivity contribution in [2.24, 2.45) is 11.7 Å². The summed E-state index contributed by atoms with van der Waals surface area (Å²) >= 11 is 0. The number of hydrogen-bond acceptors (Lipinski definition) is 3. The third-order valence-electron chi connectivity index (χ3n) is 4.46. The molecule has 1 amide bonds. The van der Waals surface area contributed by atoms with Crippen LogP contribution in [0, 0.1) is 5.92 Å². The summed E-state index contributed by atoms with van der Waals surface area (Å²) in [6.07, 6.45) is 3.92. The van der Waals surface area contributed by atoms with Gasteiger partial charge in [0.15, 0.2) is 0 Å². The van der Waals surface area contributed by atoms with Gasteiger partial charge in [-0.2, -0.15) is 0 Å². The van der Waals surface area contributed by atoms with Crippen LogP contribution < -0.4 is 11.1 Å². The third-order valence-corrected chi connectivity index (χ3v) is 4.46. The van der Waals surface area contributed by atoms with E-state index in [1.807, 2.05) is 43.3 Å². The van der Waals surface area contributed by atoms with Crippen LogP contribution in [0.25, 0.3) is 0 Å². The zero-order chi connectivity index (χ0) is 15.9. The topological polar surface area (TPSA) is 58.4 Å². The van der Waals surface area contributed by atoms with Crippen molar-refractivity contribution in [3.8, 4) is 0 Å². The lowest BCUT2D eigenvalue weighted by atomic mass is 9.94. The molecule has 3 N–H and O–H groups in total. The Labute approximate surface area is 157 Å². The fourth-order valence-electron chi connectivity index (χ4n) is 2.90. The zero-order valence-corrected chi connectivity index (χ0v) is 15.8. The molecule has 1 saturated heterocycles. The molecule has 4 nitrogen and oxygen atoms in total. The number of carbonyl (C=O) groups is 1. The van der Waals surface area contributed by atoms with Crippen LogP contribution in [0.2, 0.25) is 0 Å². The minimum atomic E-state index is -0.262. The number of nitrogens with zero attached hydrogens (tertiary/aromatic N) is 1. The molecule has 1 aliphatic rings. The van der Waals surface area contributed by atoms with E-state index in [1.165, 1.54) is 0 Å². The first-order valence-corrected chi connectivity index (χ1v) is 8.06. The van der Waals surface area contributed by atoms with Gasteiger partial charge < -0.3 is 11.1 Å². The summed E-state index contributed by atoms with van der Waals surface area (Å²) in [5.74, 6) is -0.174. The van der Waals surface area contributed by atoms with E-state index < -0.39 is 0 Å². The molecule has 6 heteroatoms. The molecule has 1 fully saturated rings. The van der Waals surface area contributed by atoms with Crippen molar-refractivity contribution in [2.45, 2.75) is 31.8 Å². The monoisotopic (exact) mass is 373 g/mol. The first kappa shape index (κ1) is 22.9. The molecule has 24 heavy (non-hydrogen) atoms. The number of carbonyl (C=O) groups excluding carboxylic acids is 1. The number of benzene rings is 1. The first-order valence-electron chi connectivity index (χ1n) is 8.06. The van der Waals surface area contributed by atoms with Gasteiger partial charge in [-0.05, 0) is 18.4 Å². The number of nitrogens with two attached hydrogens (primary N) is 1. The maximum Gasteiger partial charge on any atom is 0.224 e. The van der Waals surface area contributed by atoms with Gasteiger partial charge in [-0.15, -0.1) is 31.4 Å². The minimum Gasteiger partial charge on any atom is -0.353 e. The molecule has 1 aromatic carbocycles. The third kappa shape index (κ3) is 6.44. The van der Waals surface area contributed by atoms with Crippen LogP contribution in [0.3, 0.4) is 0 Å². The van der Waals surface area contributed by atoms with Crippen LogP contribution in [0.1, 0.15) is 31.4 Å². The maximum absolute atomic E-state index is 12.4. The van der Waals surface area contributed by atoms with Gasteiger partial charge in [0.25, 0.3) is 0 Å². The Morgan fingerprint density at radius 2 is 1.92 bits per heavy atom. The van der Waals surface area contributed by atoms with E-state index in [0.717, 1.165) is 38.0 Å². The second-order valence-electron chi connectivity index (χ2n) is 6.10. The average Bonchev–Trinajstić information content (AvgIpc) is 2.56. The molecule has 1 aliphatic heterocycles. The molecule has 0 spiro atoms. The van der Waals surface area contributed by atoms with Crippen molar-refractivity contribution >= 4 is 30.7 Å². The minimum absolute atomic E-state index is 0. The van der Waals surface area contributed by atoms with Gasteiger partial charge in [-0.3, -0.25) is 9.69 Å². The van der Waals surface area contributed by atoms with Gasteiger partial charge in [0.05, 0.1) is 5.92 Å². The van der Waals surface area contributed by atoms with Crippen LogP contribution >= 0.6 is 24.8 Å². The van der Waals surface area contributed by atoms with E-state index in [-0.39, 0.29) is 48.7 Å². The molecule has 0 radical (unpaired) electrons. The summed E-state index contributed by atoms with van der Waals surface area (Å²) in [6.45, 7) is 8.62. The fourth-order valence-corrected chi connectivity index (χ4v) is 2.90. The summed E-state index contributed by atoms with van der Waals surface area (Å²) in [4.78, 5) is 14.8. The highest BCUT2D eigenvalue weighted by molar-refractivity contribution is 5.85. The van der Waals surface area contributed by atoms with E-state index in [1.54, 1.807) is 0 Å². The molecule has 0 bridgehead atoms. The van der Waals surface area contributed by atoms with Crippen molar-refractivity contribution in [1.82, 2.24) is 10.2 Å². The second-order valence-corrected chi connectivity index (χ2v) is 6.10. The lowest BCUT2D eigenvalue weighted by molar-refractivity contribution is -0.126. The van der Waals surface area contributed by atoms with E-state index in [9.17, 15) is 4.79 Å². The van der Waals surface area contributed by atoms with Crippen molar-refractivity contribution < 1.29 is 4.79 Å². The predicted molar refractivity (Wildman–Crippen MR) is 105 cm³/mol. The summed E-state index contributed by atoms with van der Waals surface area (Å²) < 4.78 is 0. The molecule has 0 saturated carbocycles. The number of likely N-dealkylation sites (tertiary alicyclic amines) is 1. The first-order chi connectivity index (χ1) is 10.6. The van der Waals surface area contributed by atoms with Gasteiger partial charge in [0, 0.05) is 31.7 Å². The quantitative estimate of drug-likeness (QED) is 0.753. The Balaban J connectivity index is 0.00000264. The molecular weight excluding hydrogens is 345 g/mol. The Bertz CT molecular complexity index is 490. The van der Waals surface area contributed by atoms with Gasteiger partial charge in [-0.1, -0.05) is 43.3 Å². The van der Waals surface area contributed by atoms with Crippen molar-refractivity contribution in [2.75, 3.05) is 19.6 Å². The molecular formula is C18H29Cl2N3O. The molecule has 2 unspecified atom stereocenters. The van der Waals surface area contributed by atoms with Crippen LogP contribution in [0.5, 0.6) is 0 Å². The fraction of sp³-hybridized carbons (Fsp3) is 0.500. The summed E-state index contributed by atoms with van der Waals surface area (Å²) in [7, 11) is 0. The number of amides is 1. The Morgan fingerprint density at radius 3 is 2.46 bits per heavy atom. The number of piperidine rings is 1. The van der Waals surface area contributed by atoms with Gasteiger partial charge in [-0.25, -0.2) is 0 Å². The maximum atomic E-state index is 12.4. The molecule has 1 heterocycles. The number of hydrogen-bond donors (Lipinski definition) is 2. The second kappa shape index (κ2) is 11.5. The molecule has 0 aromatic heterocycles. The van der Waals surface area contributed by atoms with Crippen molar-refractivity contribution in [3.63, 3.8) is 0 Å². The number of rotatable bonds is 6.